The van der Waals surface area contributed by atoms with Crippen LogP contribution in [0.2, 0.25) is 0 Å². The van der Waals surface area contributed by atoms with Gasteiger partial charge in [0.25, 0.3) is 5.91 Å². The molecule has 7 nitrogen and oxygen atoms in total. The zero-order valence-electron chi connectivity index (χ0n) is 19.2. The third-order valence-electron chi connectivity index (χ3n) is 5.63. The van der Waals surface area contributed by atoms with Gasteiger partial charge >= 0.3 is 0 Å². The molecule has 1 aliphatic heterocycles. The van der Waals surface area contributed by atoms with Gasteiger partial charge in [-0.25, -0.2) is 8.42 Å². The van der Waals surface area contributed by atoms with Gasteiger partial charge in [-0.2, -0.15) is 4.31 Å². The SMILES string of the molecule is CCN(CC)S(=O)(=O)c1ccc(C)c(C(=O)Nc2ccc(C)cc2OCC2CCCO2)c1. The average molecular weight is 461 g/mol. The van der Waals surface area contributed by atoms with Crippen LogP contribution in [0.5, 0.6) is 5.75 Å². The molecule has 8 heteroatoms. The van der Waals surface area contributed by atoms with Gasteiger partial charge in [0, 0.05) is 25.3 Å². The average Bonchev–Trinajstić information content (AvgIpc) is 3.28. The smallest absolute Gasteiger partial charge is 0.256 e. The van der Waals surface area contributed by atoms with E-state index in [1.807, 2.05) is 19.1 Å². The number of nitrogens with zero attached hydrogens (tertiary/aromatic N) is 1. The van der Waals surface area contributed by atoms with Gasteiger partial charge < -0.3 is 14.8 Å². The van der Waals surface area contributed by atoms with Crippen molar-refractivity contribution in [1.82, 2.24) is 4.31 Å². The van der Waals surface area contributed by atoms with Crippen LogP contribution < -0.4 is 10.1 Å². The number of rotatable bonds is 9. The lowest BCUT2D eigenvalue weighted by atomic mass is 10.1. The van der Waals surface area contributed by atoms with E-state index in [0.717, 1.165) is 25.0 Å². The number of amides is 1. The van der Waals surface area contributed by atoms with Crippen LogP contribution in [0, 0.1) is 13.8 Å². The molecule has 0 spiro atoms. The summed E-state index contributed by atoms with van der Waals surface area (Å²) >= 11 is 0. The second-order valence-corrected chi connectivity index (χ2v) is 9.90. The van der Waals surface area contributed by atoms with E-state index in [9.17, 15) is 13.2 Å². The molecular weight excluding hydrogens is 428 g/mol. The fraction of sp³-hybridized carbons (Fsp3) is 0.458. The van der Waals surface area contributed by atoms with E-state index in [4.69, 9.17) is 9.47 Å². The second kappa shape index (κ2) is 10.5. The standard InChI is InChI=1S/C24H32N2O5S/c1-5-26(6-2)32(28,29)20-11-10-18(4)21(15-20)24(27)25-22-12-9-17(3)14-23(22)31-16-19-8-7-13-30-19/h9-12,14-15,19H,5-8,13,16H2,1-4H3,(H,25,27). The molecule has 1 unspecified atom stereocenters. The van der Waals surface area contributed by atoms with Crippen LogP contribution in [0.15, 0.2) is 41.3 Å². The Morgan fingerprint density at radius 1 is 1.16 bits per heavy atom. The molecule has 174 valence electrons. The van der Waals surface area contributed by atoms with Gasteiger partial charge in [0.05, 0.1) is 16.7 Å². The van der Waals surface area contributed by atoms with Gasteiger partial charge in [0.15, 0.2) is 0 Å². The summed E-state index contributed by atoms with van der Waals surface area (Å²) in [6, 6.07) is 10.2. The summed E-state index contributed by atoms with van der Waals surface area (Å²) in [4.78, 5) is 13.2. The Morgan fingerprint density at radius 3 is 2.56 bits per heavy atom. The van der Waals surface area contributed by atoms with Crippen molar-refractivity contribution < 1.29 is 22.7 Å². The van der Waals surface area contributed by atoms with Gasteiger partial charge in [0.1, 0.15) is 12.4 Å². The molecule has 1 aliphatic rings. The van der Waals surface area contributed by atoms with Gasteiger partial charge in [0.2, 0.25) is 10.0 Å². The summed E-state index contributed by atoms with van der Waals surface area (Å²) in [7, 11) is -3.66. The first-order valence-electron chi connectivity index (χ1n) is 11.0. The van der Waals surface area contributed by atoms with Crippen molar-refractivity contribution >= 4 is 21.6 Å². The number of ether oxygens (including phenoxy) is 2. The zero-order chi connectivity index (χ0) is 23.3. The highest BCUT2D eigenvalue weighted by Crippen LogP contribution is 2.28. The first-order valence-corrected chi connectivity index (χ1v) is 12.5. The largest absolute Gasteiger partial charge is 0.489 e. The minimum absolute atomic E-state index is 0.0586. The van der Waals surface area contributed by atoms with Gasteiger partial charge in [-0.15, -0.1) is 0 Å². The minimum Gasteiger partial charge on any atom is -0.489 e. The van der Waals surface area contributed by atoms with E-state index in [1.165, 1.54) is 10.4 Å². The number of carbonyl (C=O) groups excluding carboxylic acids is 1. The molecule has 1 atom stereocenters. The monoisotopic (exact) mass is 460 g/mol. The van der Waals surface area contributed by atoms with Crippen molar-refractivity contribution in [3.63, 3.8) is 0 Å². The number of nitrogens with one attached hydrogen (secondary N) is 1. The minimum atomic E-state index is -3.66. The molecule has 0 radical (unpaired) electrons. The Labute approximate surface area is 190 Å². The highest BCUT2D eigenvalue weighted by atomic mass is 32.2. The van der Waals surface area contributed by atoms with E-state index in [0.29, 0.717) is 42.3 Å². The van der Waals surface area contributed by atoms with Crippen LogP contribution in [0.25, 0.3) is 0 Å². The Kier molecular flexibility index (Phi) is 7.92. The number of sulfonamides is 1. The van der Waals surface area contributed by atoms with Crippen LogP contribution in [0.1, 0.15) is 48.2 Å². The summed E-state index contributed by atoms with van der Waals surface area (Å²) < 4.78 is 38.8. The Hall–Kier alpha value is -2.42. The Balaban J connectivity index is 1.84. The van der Waals surface area contributed by atoms with Crippen molar-refractivity contribution in [3.05, 3.63) is 53.1 Å². The first-order chi connectivity index (χ1) is 15.3. The van der Waals surface area contributed by atoms with Crippen LogP contribution in [-0.2, 0) is 14.8 Å². The molecule has 0 aliphatic carbocycles. The molecule has 2 aromatic rings. The molecule has 1 amide bonds. The van der Waals surface area contributed by atoms with E-state index < -0.39 is 10.0 Å². The maximum Gasteiger partial charge on any atom is 0.256 e. The van der Waals surface area contributed by atoms with E-state index >= 15 is 0 Å². The summed E-state index contributed by atoms with van der Waals surface area (Å²) in [5.74, 6) is 0.184. The predicted molar refractivity (Wildman–Crippen MR) is 125 cm³/mol. The van der Waals surface area contributed by atoms with Crippen LogP contribution in [-0.4, -0.2) is 51.0 Å². The summed E-state index contributed by atoms with van der Waals surface area (Å²) in [5.41, 5.74) is 2.54. The lowest BCUT2D eigenvalue weighted by Crippen LogP contribution is -2.30. The van der Waals surface area contributed by atoms with Crippen molar-refractivity contribution in [3.8, 4) is 5.75 Å². The maximum absolute atomic E-state index is 13.1. The molecule has 1 heterocycles. The number of benzene rings is 2. The lowest BCUT2D eigenvalue weighted by Gasteiger charge is -2.19. The first kappa shape index (κ1) is 24.2. The molecule has 0 aromatic heterocycles. The molecule has 0 saturated carbocycles. The molecule has 32 heavy (non-hydrogen) atoms. The van der Waals surface area contributed by atoms with Gasteiger partial charge in [-0.1, -0.05) is 26.0 Å². The molecule has 1 saturated heterocycles. The third-order valence-corrected chi connectivity index (χ3v) is 7.68. The predicted octanol–water partition coefficient (Wildman–Crippen LogP) is 4.14. The number of anilines is 1. The van der Waals surface area contributed by atoms with Crippen LogP contribution in [0.4, 0.5) is 5.69 Å². The highest BCUT2D eigenvalue weighted by molar-refractivity contribution is 7.89. The summed E-state index contributed by atoms with van der Waals surface area (Å²) in [6.45, 7) is 9.21. The van der Waals surface area contributed by atoms with E-state index in [1.54, 1.807) is 39.0 Å². The lowest BCUT2D eigenvalue weighted by molar-refractivity contribution is 0.0681. The number of carbonyl (C=O) groups is 1. The zero-order valence-corrected chi connectivity index (χ0v) is 20.0. The number of hydrogen-bond acceptors (Lipinski definition) is 5. The summed E-state index contributed by atoms with van der Waals surface area (Å²) in [5, 5.41) is 2.89. The molecule has 1 N–H and O–H groups in total. The van der Waals surface area contributed by atoms with Crippen LogP contribution >= 0.6 is 0 Å². The number of aryl methyl sites for hydroxylation is 2. The highest BCUT2D eigenvalue weighted by Gasteiger charge is 2.24. The molecule has 1 fully saturated rings. The Bertz CT molecular complexity index is 1060. The quantitative estimate of drug-likeness (QED) is 0.608. The van der Waals surface area contributed by atoms with Crippen LogP contribution in [0.3, 0.4) is 0 Å². The third kappa shape index (κ3) is 5.49. The van der Waals surface area contributed by atoms with Crippen molar-refractivity contribution in [1.29, 1.82) is 0 Å². The van der Waals surface area contributed by atoms with E-state index in [2.05, 4.69) is 5.32 Å². The molecule has 3 rings (SSSR count). The van der Waals surface area contributed by atoms with Crippen molar-refractivity contribution in [2.75, 3.05) is 31.6 Å². The fourth-order valence-corrected chi connectivity index (χ4v) is 5.20. The topological polar surface area (TPSA) is 84.9 Å². The van der Waals surface area contributed by atoms with E-state index in [-0.39, 0.29) is 16.9 Å². The fourth-order valence-electron chi connectivity index (χ4n) is 3.72. The van der Waals surface area contributed by atoms with Gasteiger partial charge in [-0.05, 0) is 62.1 Å². The second-order valence-electron chi connectivity index (χ2n) is 7.97. The molecule has 0 bridgehead atoms. The van der Waals surface area contributed by atoms with Gasteiger partial charge in [-0.3, -0.25) is 4.79 Å². The maximum atomic E-state index is 13.1. The molecule has 2 aromatic carbocycles. The van der Waals surface area contributed by atoms with Crippen molar-refractivity contribution in [2.24, 2.45) is 0 Å². The Morgan fingerprint density at radius 2 is 1.91 bits per heavy atom. The van der Waals surface area contributed by atoms with Crippen molar-refractivity contribution in [2.45, 2.75) is 51.5 Å². The normalized spacial score (nSPS) is 16.3. The summed E-state index contributed by atoms with van der Waals surface area (Å²) in [6.07, 6.45) is 2.04. The molecular formula is C24H32N2O5S. The number of hydrogen-bond donors (Lipinski definition) is 1.